The van der Waals surface area contributed by atoms with Crippen molar-refractivity contribution in [1.29, 1.82) is 0 Å². The fraction of sp³-hybridized carbons (Fsp3) is 0.500. The molecule has 94 valence electrons. The van der Waals surface area contributed by atoms with E-state index in [0.29, 0.717) is 5.56 Å². The smallest absolute Gasteiger partial charge is 0.216 e. The van der Waals surface area contributed by atoms with E-state index < -0.39 is 10.0 Å². The molecule has 2 N–H and O–H groups in total. The third kappa shape index (κ3) is 3.52. The highest BCUT2D eigenvalue weighted by Gasteiger charge is 2.40. The fourth-order valence-corrected chi connectivity index (χ4v) is 3.38. The zero-order valence-corrected chi connectivity index (χ0v) is 10.6. The molecular formula is C12H17NO3S. The molecule has 1 aliphatic carbocycles. The Morgan fingerprint density at radius 1 is 1.35 bits per heavy atom. The Labute approximate surface area is 102 Å². The molecule has 0 heterocycles. The van der Waals surface area contributed by atoms with Gasteiger partial charge >= 0.3 is 0 Å². The Balaban J connectivity index is 2.08. The topological polar surface area (TPSA) is 66.4 Å². The normalized spacial score (nSPS) is 18.0. The number of hydrogen-bond acceptors (Lipinski definition) is 3. The van der Waals surface area contributed by atoms with Gasteiger partial charge in [-0.15, -0.1) is 0 Å². The Bertz CT molecular complexity index is 506. The summed E-state index contributed by atoms with van der Waals surface area (Å²) in [5.74, 6) is -0.0313. The van der Waals surface area contributed by atoms with Gasteiger partial charge in [0, 0.05) is 5.54 Å². The average Bonchev–Trinajstić information content (AvgIpc) is 2.94. The predicted octanol–water partition coefficient (Wildman–Crippen LogP) is 1.15. The molecule has 0 unspecified atom stereocenters. The van der Waals surface area contributed by atoms with E-state index in [0.717, 1.165) is 18.4 Å². The second-order valence-corrected chi connectivity index (χ2v) is 6.62. The first-order valence-electron chi connectivity index (χ1n) is 5.63. The molecule has 1 aromatic carbocycles. The van der Waals surface area contributed by atoms with E-state index in [2.05, 4.69) is 4.72 Å². The first kappa shape index (κ1) is 12.5. The average molecular weight is 255 g/mol. The van der Waals surface area contributed by atoms with Gasteiger partial charge in [-0.2, -0.15) is 0 Å². The van der Waals surface area contributed by atoms with Crippen LogP contribution in [0, 0.1) is 0 Å². The van der Waals surface area contributed by atoms with Crippen LogP contribution in [0.4, 0.5) is 0 Å². The highest BCUT2D eigenvalue weighted by molar-refractivity contribution is 7.88. The maximum Gasteiger partial charge on any atom is 0.216 e. The van der Waals surface area contributed by atoms with Crippen molar-refractivity contribution in [3.63, 3.8) is 0 Å². The van der Waals surface area contributed by atoms with Crippen LogP contribution < -0.4 is 4.72 Å². The van der Waals surface area contributed by atoms with Crippen molar-refractivity contribution in [2.75, 3.05) is 0 Å². The van der Waals surface area contributed by atoms with Crippen LogP contribution in [-0.2, 0) is 22.4 Å². The van der Waals surface area contributed by atoms with Crippen molar-refractivity contribution >= 4 is 10.0 Å². The number of sulfonamides is 1. The van der Waals surface area contributed by atoms with E-state index in [1.165, 1.54) is 0 Å². The lowest BCUT2D eigenvalue weighted by molar-refractivity contribution is 0.282. The number of aliphatic hydroxyl groups excluding tert-OH is 1. The Morgan fingerprint density at radius 3 is 2.59 bits per heavy atom. The lowest BCUT2D eigenvalue weighted by Crippen LogP contribution is -2.35. The second-order valence-electron chi connectivity index (χ2n) is 4.90. The minimum absolute atomic E-state index is 0.0313. The van der Waals surface area contributed by atoms with E-state index >= 15 is 0 Å². The molecular weight excluding hydrogens is 238 g/mol. The van der Waals surface area contributed by atoms with E-state index in [9.17, 15) is 8.42 Å². The molecule has 0 saturated heterocycles. The minimum atomic E-state index is -3.29. The van der Waals surface area contributed by atoms with Gasteiger partial charge in [-0.3, -0.25) is 0 Å². The summed E-state index contributed by atoms with van der Waals surface area (Å²) < 4.78 is 26.5. The quantitative estimate of drug-likeness (QED) is 0.829. The fourth-order valence-electron chi connectivity index (χ4n) is 1.74. The first-order chi connectivity index (χ1) is 7.92. The van der Waals surface area contributed by atoms with Gasteiger partial charge in [-0.1, -0.05) is 24.3 Å². The van der Waals surface area contributed by atoms with Crippen LogP contribution in [-0.4, -0.2) is 19.1 Å². The highest BCUT2D eigenvalue weighted by Crippen LogP contribution is 2.35. The standard InChI is InChI=1S/C12H17NO3S/c1-12(5-6-12)13-17(15,16)9-11-4-2-3-10(7-11)8-14/h2-4,7,13-14H,5-6,8-9H2,1H3. The molecule has 0 spiro atoms. The Hall–Kier alpha value is -0.910. The van der Waals surface area contributed by atoms with Crippen molar-refractivity contribution in [3.8, 4) is 0 Å². The van der Waals surface area contributed by atoms with Crippen molar-refractivity contribution in [2.24, 2.45) is 0 Å². The number of aliphatic hydroxyl groups is 1. The summed E-state index contributed by atoms with van der Waals surface area (Å²) in [7, 11) is -3.29. The monoisotopic (exact) mass is 255 g/mol. The molecule has 0 atom stereocenters. The van der Waals surface area contributed by atoms with Crippen LogP contribution in [0.3, 0.4) is 0 Å². The van der Waals surface area contributed by atoms with E-state index in [1.54, 1.807) is 24.3 Å². The summed E-state index contributed by atoms with van der Waals surface area (Å²) in [5.41, 5.74) is 1.21. The lowest BCUT2D eigenvalue weighted by Gasteiger charge is -2.12. The number of benzene rings is 1. The zero-order valence-electron chi connectivity index (χ0n) is 9.81. The largest absolute Gasteiger partial charge is 0.392 e. The first-order valence-corrected chi connectivity index (χ1v) is 7.28. The maximum absolute atomic E-state index is 11.9. The summed E-state index contributed by atoms with van der Waals surface area (Å²) in [6.07, 6.45) is 1.81. The summed E-state index contributed by atoms with van der Waals surface area (Å²) in [4.78, 5) is 0. The number of hydrogen-bond donors (Lipinski definition) is 2. The van der Waals surface area contributed by atoms with Gasteiger partial charge in [0.05, 0.1) is 12.4 Å². The van der Waals surface area contributed by atoms with Crippen molar-refractivity contribution in [1.82, 2.24) is 4.72 Å². The molecule has 1 aliphatic rings. The van der Waals surface area contributed by atoms with Gasteiger partial charge in [0.2, 0.25) is 10.0 Å². The van der Waals surface area contributed by atoms with Crippen LogP contribution in [0.2, 0.25) is 0 Å². The van der Waals surface area contributed by atoms with Gasteiger partial charge < -0.3 is 5.11 Å². The summed E-state index contributed by atoms with van der Waals surface area (Å²) in [6.45, 7) is 1.84. The second kappa shape index (κ2) is 4.40. The molecule has 5 heteroatoms. The molecule has 0 radical (unpaired) electrons. The van der Waals surface area contributed by atoms with Gasteiger partial charge in [-0.05, 0) is 30.9 Å². The Kier molecular flexibility index (Phi) is 3.25. The molecule has 0 bridgehead atoms. The third-order valence-electron chi connectivity index (χ3n) is 2.93. The van der Waals surface area contributed by atoms with Crippen LogP contribution in [0.1, 0.15) is 30.9 Å². The number of nitrogens with one attached hydrogen (secondary N) is 1. The molecule has 2 rings (SSSR count). The molecule has 4 nitrogen and oxygen atoms in total. The third-order valence-corrected chi connectivity index (χ3v) is 4.45. The lowest BCUT2D eigenvalue weighted by atomic mass is 10.1. The molecule has 17 heavy (non-hydrogen) atoms. The van der Waals surface area contributed by atoms with Crippen LogP contribution in [0.25, 0.3) is 0 Å². The molecule has 0 aromatic heterocycles. The van der Waals surface area contributed by atoms with Gasteiger partial charge in [-0.25, -0.2) is 13.1 Å². The van der Waals surface area contributed by atoms with Crippen LogP contribution >= 0.6 is 0 Å². The van der Waals surface area contributed by atoms with E-state index in [-0.39, 0.29) is 17.9 Å². The number of rotatable bonds is 5. The zero-order chi connectivity index (χ0) is 12.5. The van der Waals surface area contributed by atoms with E-state index in [1.807, 2.05) is 6.92 Å². The van der Waals surface area contributed by atoms with Crippen LogP contribution in [0.15, 0.2) is 24.3 Å². The molecule has 1 fully saturated rings. The van der Waals surface area contributed by atoms with Gasteiger partial charge in [0.1, 0.15) is 0 Å². The van der Waals surface area contributed by atoms with Crippen LogP contribution in [0.5, 0.6) is 0 Å². The highest BCUT2D eigenvalue weighted by atomic mass is 32.2. The predicted molar refractivity (Wildman–Crippen MR) is 65.8 cm³/mol. The van der Waals surface area contributed by atoms with Crippen molar-refractivity contribution in [2.45, 2.75) is 37.7 Å². The van der Waals surface area contributed by atoms with Crippen molar-refractivity contribution in [3.05, 3.63) is 35.4 Å². The molecule has 1 saturated carbocycles. The molecule has 0 aliphatic heterocycles. The minimum Gasteiger partial charge on any atom is -0.392 e. The van der Waals surface area contributed by atoms with E-state index in [4.69, 9.17) is 5.11 Å². The summed E-state index contributed by atoms with van der Waals surface area (Å²) >= 11 is 0. The summed E-state index contributed by atoms with van der Waals surface area (Å²) in [5, 5.41) is 8.99. The molecule has 0 amide bonds. The van der Waals surface area contributed by atoms with Gasteiger partial charge in [0.15, 0.2) is 0 Å². The maximum atomic E-state index is 11.9. The van der Waals surface area contributed by atoms with Gasteiger partial charge in [0.25, 0.3) is 0 Å². The summed E-state index contributed by atoms with van der Waals surface area (Å²) in [6, 6.07) is 7.00. The SMILES string of the molecule is CC1(NS(=O)(=O)Cc2cccc(CO)c2)CC1. The Morgan fingerprint density at radius 2 is 2.00 bits per heavy atom. The van der Waals surface area contributed by atoms with Crippen molar-refractivity contribution < 1.29 is 13.5 Å². The molecule has 1 aromatic rings.